The highest BCUT2D eigenvalue weighted by Crippen LogP contribution is 2.28. The van der Waals surface area contributed by atoms with Crippen LogP contribution in [0.4, 0.5) is 5.13 Å². The zero-order valence-corrected chi connectivity index (χ0v) is 12.9. The second-order valence-corrected chi connectivity index (χ2v) is 6.16. The van der Waals surface area contributed by atoms with Crippen molar-refractivity contribution in [1.82, 2.24) is 24.5 Å². The van der Waals surface area contributed by atoms with Crippen LogP contribution in [-0.2, 0) is 13.6 Å². The Morgan fingerprint density at radius 1 is 1.40 bits per heavy atom. The zero-order valence-electron chi connectivity index (χ0n) is 12.1. The highest BCUT2D eigenvalue weighted by atomic mass is 32.1. The molecule has 0 unspecified atom stereocenters. The number of hydrogen-bond donors (Lipinski definition) is 1. The zero-order chi connectivity index (χ0) is 14.3. The van der Waals surface area contributed by atoms with E-state index in [-0.39, 0.29) is 0 Å². The third kappa shape index (κ3) is 2.29. The Hall–Kier alpha value is -1.89. The van der Waals surface area contributed by atoms with E-state index in [1.165, 1.54) is 0 Å². The van der Waals surface area contributed by atoms with Gasteiger partial charge in [-0.2, -0.15) is 10.2 Å². The van der Waals surface area contributed by atoms with Crippen LogP contribution in [0.2, 0.25) is 0 Å². The second kappa shape index (κ2) is 4.90. The molecule has 3 aromatic rings. The van der Waals surface area contributed by atoms with Crippen molar-refractivity contribution in [3.05, 3.63) is 23.7 Å². The van der Waals surface area contributed by atoms with Crippen molar-refractivity contribution in [1.29, 1.82) is 0 Å². The Balaban J connectivity index is 1.74. The van der Waals surface area contributed by atoms with Gasteiger partial charge in [-0.05, 0) is 20.8 Å². The van der Waals surface area contributed by atoms with Crippen LogP contribution < -0.4 is 5.32 Å². The molecular weight excluding hydrogens is 272 g/mol. The van der Waals surface area contributed by atoms with Gasteiger partial charge < -0.3 is 5.32 Å². The molecule has 0 radical (unpaired) electrons. The minimum atomic E-state index is 0.389. The van der Waals surface area contributed by atoms with Crippen molar-refractivity contribution in [2.45, 2.75) is 33.4 Å². The highest BCUT2D eigenvalue weighted by molar-refractivity contribution is 7.22. The van der Waals surface area contributed by atoms with Crippen molar-refractivity contribution in [3.63, 3.8) is 0 Å². The Morgan fingerprint density at radius 3 is 2.85 bits per heavy atom. The molecule has 0 saturated carbocycles. The molecule has 0 aliphatic carbocycles. The number of anilines is 1. The quantitative estimate of drug-likeness (QED) is 0.802. The molecule has 0 amide bonds. The molecule has 1 N–H and O–H groups in total. The summed E-state index contributed by atoms with van der Waals surface area (Å²) in [6, 6.07) is 0.389. The van der Waals surface area contributed by atoms with Gasteiger partial charge >= 0.3 is 0 Å². The maximum Gasteiger partial charge on any atom is 0.185 e. The molecule has 0 aromatic carbocycles. The molecule has 3 aromatic heterocycles. The van der Waals surface area contributed by atoms with Gasteiger partial charge in [0, 0.05) is 31.4 Å². The Morgan fingerprint density at radius 2 is 2.20 bits per heavy atom. The molecule has 0 spiro atoms. The topological polar surface area (TPSA) is 60.6 Å². The molecule has 0 aliphatic rings. The van der Waals surface area contributed by atoms with Gasteiger partial charge in [0.05, 0.1) is 16.6 Å². The van der Waals surface area contributed by atoms with Crippen molar-refractivity contribution in [3.8, 4) is 0 Å². The van der Waals surface area contributed by atoms with Gasteiger partial charge in [-0.3, -0.25) is 4.68 Å². The number of thiazole rings is 1. The van der Waals surface area contributed by atoms with E-state index in [1.54, 1.807) is 11.3 Å². The number of aryl methyl sites for hydroxylation is 2. The molecule has 3 heterocycles. The van der Waals surface area contributed by atoms with E-state index >= 15 is 0 Å². The minimum Gasteiger partial charge on any atom is -0.357 e. The largest absolute Gasteiger partial charge is 0.357 e. The first-order valence-corrected chi connectivity index (χ1v) is 7.43. The summed E-state index contributed by atoms with van der Waals surface area (Å²) in [5, 5.41) is 13.0. The van der Waals surface area contributed by atoms with Gasteiger partial charge in [0.25, 0.3) is 0 Å². The summed E-state index contributed by atoms with van der Waals surface area (Å²) in [5.41, 5.74) is 3.13. The van der Waals surface area contributed by atoms with Crippen LogP contribution in [0.15, 0.2) is 12.4 Å². The molecule has 7 heteroatoms. The number of nitrogens with zero attached hydrogens (tertiary/aromatic N) is 5. The van der Waals surface area contributed by atoms with Gasteiger partial charge in [-0.15, -0.1) is 0 Å². The molecule has 3 rings (SSSR count). The predicted molar refractivity (Wildman–Crippen MR) is 81.1 cm³/mol. The van der Waals surface area contributed by atoms with Gasteiger partial charge in [-0.1, -0.05) is 11.3 Å². The fraction of sp³-hybridized carbons (Fsp3) is 0.462. The normalized spacial score (nSPS) is 11.7. The van der Waals surface area contributed by atoms with E-state index in [4.69, 9.17) is 0 Å². The first-order chi connectivity index (χ1) is 9.54. The van der Waals surface area contributed by atoms with E-state index in [0.717, 1.165) is 33.3 Å². The van der Waals surface area contributed by atoms with E-state index in [1.807, 2.05) is 29.5 Å². The lowest BCUT2D eigenvalue weighted by Crippen LogP contribution is -2.01. The van der Waals surface area contributed by atoms with E-state index < -0.39 is 0 Å². The van der Waals surface area contributed by atoms with Crippen molar-refractivity contribution in [2.75, 3.05) is 5.32 Å². The molecule has 0 atom stereocenters. The summed E-state index contributed by atoms with van der Waals surface area (Å²) >= 11 is 1.64. The molecule has 106 valence electrons. The number of aromatic nitrogens is 5. The van der Waals surface area contributed by atoms with E-state index in [2.05, 4.69) is 40.5 Å². The average molecular weight is 290 g/mol. The van der Waals surface area contributed by atoms with Crippen LogP contribution in [-0.4, -0.2) is 24.5 Å². The SMILES string of the molecule is Cc1nn(C)c2nc(NCc3cnn(C(C)C)c3)sc12. The first-order valence-electron chi connectivity index (χ1n) is 6.61. The summed E-state index contributed by atoms with van der Waals surface area (Å²) < 4.78 is 4.93. The molecular formula is C13H18N6S. The summed E-state index contributed by atoms with van der Waals surface area (Å²) in [5.74, 6) is 0. The molecule has 0 fully saturated rings. The Labute approximate surface area is 121 Å². The monoisotopic (exact) mass is 290 g/mol. The number of rotatable bonds is 4. The van der Waals surface area contributed by atoms with Crippen LogP contribution in [0.25, 0.3) is 10.3 Å². The molecule has 0 saturated heterocycles. The van der Waals surface area contributed by atoms with Crippen LogP contribution in [0.3, 0.4) is 0 Å². The standard InChI is InChI=1S/C13H18N6S/c1-8(2)19-7-10(6-15-19)5-14-13-16-12-11(20-13)9(3)17-18(12)4/h6-8H,5H2,1-4H3,(H,14,16). The lowest BCUT2D eigenvalue weighted by molar-refractivity contribution is 0.532. The summed E-state index contributed by atoms with van der Waals surface area (Å²) in [6.45, 7) is 6.98. The fourth-order valence-electron chi connectivity index (χ4n) is 2.09. The Kier molecular flexibility index (Phi) is 3.21. The van der Waals surface area contributed by atoms with Gasteiger partial charge in [0.15, 0.2) is 10.8 Å². The second-order valence-electron chi connectivity index (χ2n) is 5.16. The van der Waals surface area contributed by atoms with Gasteiger partial charge in [0.1, 0.15) is 0 Å². The predicted octanol–water partition coefficient (Wildman–Crippen LogP) is 2.73. The van der Waals surface area contributed by atoms with Crippen molar-refractivity contribution < 1.29 is 0 Å². The summed E-state index contributed by atoms with van der Waals surface area (Å²) in [7, 11) is 1.92. The smallest absolute Gasteiger partial charge is 0.185 e. The molecule has 6 nitrogen and oxygen atoms in total. The van der Waals surface area contributed by atoms with E-state index in [0.29, 0.717) is 6.04 Å². The summed E-state index contributed by atoms with van der Waals surface area (Å²) in [4.78, 5) is 4.57. The fourth-order valence-corrected chi connectivity index (χ4v) is 3.02. The van der Waals surface area contributed by atoms with Crippen LogP contribution in [0.5, 0.6) is 0 Å². The van der Waals surface area contributed by atoms with Crippen LogP contribution in [0, 0.1) is 6.92 Å². The van der Waals surface area contributed by atoms with Crippen molar-refractivity contribution in [2.24, 2.45) is 7.05 Å². The first kappa shape index (κ1) is 13.1. The average Bonchev–Trinajstić information content (AvgIpc) is 3.07. The van der Waals surface area contributed by atoms with Crippen molar-refractivity contribution >= 4 is 26.8 Å². The third-order valence-electron chi connectivity index (χ3n) is 3.17. The minimum absolute atomic E-state index is 0.389. The lowest BCUT2D eigenvalue weighted by atomic mass is 10.3. The molecule has 0 bridgehead atoms. The highest BCUT2D eigenvalue weighted by Gasteiger charge is 2.11. The van der Waals surface area contributed by atoms with Gasteiger partial charge in [-0.25, -0.2) is 9.67 Å². The number of nitrogens with one attached hydrogen (secondary N) is 1. The van der Waals surface area contributed by atoms with Crippen LogP contribution >= 0.6 is 11.3 Å². The summed E-state index contributed by atoms with van der Waals surface area (Å²) in [6.07, 6.45) is 3.96. The van der Waals surface area contributed by atoms with E-state index in [9.17, 15) is 0 Å². The molecule has 20 heavy (non-hydrogen) atoms. The number of hydrogen-bond acceptors (Lipinski definition) is 5. The lowest BCUT2D eigenvalue weighted by Gasteiger charge is -2.03. The number of fused-ring (bicyclic) bond motifs is 1. The Bertz CT molecular complexity index is 701. The maximum absolute atomic E-state index is 4.57. The maximum atomic E-state index is 4.57. The van der Waals surface area contributed by atoms with Crippen LogP contribution in [0.1, 0.15) is 31.1 Å². The van der Waals surface area contributed by atoms with Gasteiger partial charge in [0.2, 0.25) is 0 Å². The molecule has 0 aliphatic heterocycles. The third-order valence-corrected chi connectivity index (χ3v) is 4.28.